The molecule has 0 aromatic heterocycles. The third-order valence-electron chi connectivity index (χ3n) is 2.90. The molecule has 0 atom stereocenters. The summed E-state index contributed by atoms with van der Waals surface area (Å²) in [5.74, 6) is -1.67. The second-order valence-electron chi connectivity index (χ2n) is 4.32. The van der Waals surface area contributed by atoms with Gasteiger partial charge in [-0.05, 0) is 0 Å². The predicted octanol–water partition coefficient (Wildman–Crippen LogP) is 3.57. The molecule has 0 aliphatic carbocycles. The fourth-order valence-electron chi connectivity index (χ4n) is 2.02. The van der Waals surface area contributed by atoms with Crippen molar-refractivity contribution in [3.8, 4) is 5.75 Å². The molecule has 0 saturated heterocycles. The summed E-state index contributed by atoms with van der Waals surface area (Å²) < 4.78 is 35.3. The first kappa shape index (κ1) is 14.3. The van der Waals surface area contributed by atoms with Gasteiger partial charge in [-0.1, -0.05) is 0 Å². The Morgan fingerprint density at radius 2 is 1.89 bits per heavy atom. The molecule has 4 heteroatoms. The molecule has 0 fully saturated rings. The van der Waals surface area contributed by atoms with E-state index in [1.807, 2.05) is 6.08 Å². The predicted molar refractivity (Wildman–Crippen MR) is 77.0 cm³/mol. The van der Waals surface area contributed by atoms with E-state index in [0.717, 1.165) is 17.3 Å². The van der Waals surface area contributed by atoms with E-state index >= 15 is 0 Å². The molecular weight excluding hydrogens is 313 g/mol. The van der Waals surface area contributed by atoms with Crippen molar-refractivity contribution < 1.29 is 13.5 Å². The summed E-state index contributed by atoms with van der Waals surface area (Å²) in [6.45, 7) is 4.20. The van der Waals surface area contributed by atoms with Gasteiger partial charge in [-0.15, -0.1) is 0 Å². The van der Waals surface area contributed by atoms with E-state index in [0.29, 0.717) is 12.2 Å². The van der Waals surface area contributed by atoms with Crippen molar-refractivity contribution in [2.45, 2.75) is 26.7 Å². The summed E-state index contributed by atoms with van der Waals surface area (Å²) in [5.41, 5.74) is 0.392. The molecule has 0 radical (unpaired) electrons. The van der Waals surface area contributed by atoms with Crippen molar-refractivity contribution >= 4 is 19.4 Å². The Morgan fingerprint density at radius 3 is 2.58 bits per heavy atom. The molecule has 1 aliphatic heterocycles. The number of rotatable bonds is 5. The van der Waals surface area contributed by atoms with E-state index in [9.17, 15) is 8.78 Å². The molecule has 0 spiro atoms. The molecule has 1 nitrogen and oxygen atoms in total. The maximum atomic E-state index is 14.1. The van der Waals surface area contributed by atoms with Crippen molar-refractivity contribution in [1.82, 2.24) is 0 Å². The van der Waals surface area contributed by atoms with E-state index in [4.69, 9.17) is 4.74 Å². The normalized spacial score (nSPS) is 16.4. The van der Waals surface area contributed by atoms with E-state index in [-0.39, 0.29) is 5.75 Å². The minimum atomic E-state index is -0.879. The van der Waals surface area contributed by atoms with Gasteiger partial charge in [0, 0.05) is 0 Å². The van der Waals surface area contributed by atoms with Gasteiger partial charge in [0.1, 0.15) is 0 Å². The molecular formula is C15H18F2OSe. The zero-order valence-electron chi connectivity index (χ0n) is 11.1. The SMILES string of the molecule is CCCC1=CC=C(c2ccc(OCC)c(F)c2F)[SeH2]1. The van der Waals surface area contributed by atoms with Crippen molar-refractivity contribution in [2.75, 3.05) is 6.61 Å². The van der Waals surface area contributed by atoms with Crippen LogP contribution in [0.2, 0.25) is 0 Å². The Labute approximate surface area is 118 Å². The van der Waals surface area contributed by atoms with Gasteiger partial charge >= 0.3 is 118 Å². The van der Waals surface area contributed by atoms with Gasteiger partial charge in [-0.2, -0.15) is 0 Å². The van der Waals surface area contributed by atoms with Crippen molar-refractivity contribution in [3.05, 3.63) is 46.0 Å². The Morgan fingerprint density at radius 1 is 1.11 bits per heavy atom. The van der Waals surface area contributed by atoms with Crippen LogP contribution in [-0.2, 0) is 0 Å². The van der Waals surface area contributed by atoms with Gasteiger partial charge in [0.05, 0.1) is 0 Å². The fourth-order valence-corrected chi connectivity index (χ4v) is 4.92. The third kappa shape index (κ3) is 3.07. The van der Waals surface area contributed by atoms with Crippen LogP contribution in [0.15, 0.2) is 28.8 Å². The van der Waals surface area contributed by atoms with Crippen LogP contribution in [0.25, 0.3) is 4.47 Å². The molecule has 0 unspecified atom stereocenters. The molecule has 0 saturated carbocycles. The third-order valence-corrected chi connectivity index (χ3v) is 5.93. The number of hydrogen-bond acceptors (Lipinski definition) is 1. The number of hydrogen-bond donors (Lipinski definition) is 0. The minimum absolute atomic E-state index is 0.0101. The maximum absolute atomic E-state index is 14.1. The Kier molecular flexibility index (Phi) is 4.78. The van der Waals surface area contributed by atoms with E-state index in [2.05, 4.69) is 13.0 Å². The van der Waals surface area contributed by atoms with Crippen LogP contribution in [-0.4, -0.2) is 21.6 Å². The second-order valence-corrected chi connectivity index (χ2v) is 7.32. The van der Waals surface area contributed by atoms with Crippen LogP contribution in [0.3, 0.4) is 0 Å². The van der Waals surface area contributed by atoms with E-state index < -0.39 is 26.6 Å². The van der Waals surface area contributed by atoms with Gasteiger partial charge in [0.2, 0.25) is 0 Å². The summed E-state index contributed by atoms with van der Waals surface area (Å²) in [4.78, 5) is 0. The van der Waals surface area contributed by atoms with E-state index in [1.165, 1.54) is 10.5 Å². The first-order chi connectivity index (χ1) is 9.17. The van der Waals surface area contributed by atoms with Gasteiger partial charge in [-0.3, -0.25) is 0 Å². The standard InChI is InChI=1S/C15H18F2OSe/c1-3-5-10-6-9-13(19-10)11-7-8-12(18-4-2)15(17)14(11)16/h6-9H,3-5,19H2,1-2H3. The molecule has 0 bridgehead atoms. The van der Waals surface area contributed by atoms with Gasteiger partial charge in [-0.25, -0.2) is 0 Å². The summed E-state index contributed by atoms with van der Waals surface area (Å²) in [5, 5.41) is 0. The molecule has 1 aliphatic rings. The molecule has 1 aromatic rings. The van der Waals surface area contributed by atoms with Gasteiger partial charge in [0.15, 0.2) is 0 Å². The van der Waals surface area contributed by atoms with Crippen molar-refractivity contribution in [2.24, 2.45) is 0 Å². The van der Waals surface area contributed by atoms with Gasteiger partial charge < -0.3 is 0 Å². The zero-order chi connectivity index (χ0) is 13.8. The van der Waals surface area contributed by atoms with Crippen LogP contribution >= 0.6 is 0 Å². The molecule has 1 aromatic carbocycles. The number of halogens is 2. The Hall–Kier alpha value is -1.12. The molecule has 104 valence electrons. The van der Waals surface area contributed by atoms with Gasteiger partial charge in [0.25, 0.3) is 0 Å². The summed E-state index contributed by atoms with van der Waals surface area (Å²) in [6.07, 6.45) is 6.15. The average Bonchev–Trinajstić information content (AvgIpc) is 2.84. The van der Waals surface area contributed by atoms with Crippen LogP contribution < -0.4 is 4.74 Å². The fraction of sp³-hybridized carbons (Fsp3) is 0.333. The second kappa shape index (κ2) is 6.36. The molecule has 0 N–H and O–H groups in total. The van der Waals surface area contributed by atoms with Crippen molar-refractivity contribution in [3.63, 3.8) is 0 Å². The zero-order valence-corrected chi connectivity index (χ0v) is 13.2. The summed E-state index contributed by atoms with van der Waals surface area (Å²) >= 11 is -0.491. The first-order valence-corrected chi connectivity index (χ1v) is 8.56. The van der Waals surface area contributed by atoms with Crippen molar-refractivity contribution in [1.29, 1.82) is 0 Å². The number of benzene rings is 1. The average molecular weight is 331 g/mol. The topological polar surface area (TPSA) is 9.23 Å². The first-order valence-electron chi connectivity index (χ1n) is 6.46. The molecule has 1 heterocycles. The Balaban J connectivity index is 2.22. The number of ether oxygens (including phenoxy) is 1. The molecule has 0 amide bonds. The molecule has 2 rings (SSSR count). The monoisotopic (exact) mass is 332 g/mol. The van der Waals surface area contributed by atoms with E-state index in [1.54, 1.807) is 13.0 Å². The van der Waals surface area contributed by atoms with Crippen LogP contribution in [0.4, 0.5) is 8.78 Å². The molecule has 19 heavy (non-hydrogen) atoms. The number of allylic oxidation sites excluding steroid dienone is 3. The quantitative estimate of drug-likeness (QED) is 0.750. The van der Waals surface area contributed by atoms with Crippen LogP contribution in [0.5, 0.6) is 5.75 Å². The summed E-state index contributed by atoms with van der Waals surface area (Å²) in [7, 11) is 0. The van der Waals surface area contributed by atoms with Crippen LogP contribution in [0.1, 0.15) is 32.3 Å². The Bertz CT molecular complexity index is 535. The summed E-state index contributed by atoms with van der Waals surface area (Å²) in [6, 6.07) is 3.14. The van der Waals surface area contributed by atoms with Crippen LogP contribution in [0, 0.1) is 11.6 Å².